The molecule has 4 nitrogen and oxygen atoms in total. The SMILES string of the molecule is CCCC(C)CCCC(C)CCCCC(C)CCCC(C)CCCNC(=O)C1=CN=CC=CO1. The lowest BCUT2D eigenvalue weighted by Crippen LogP contribution is -2.26. The average Bonchev–Trinajstić information content (AvgIpc) is 3.09. The zero-order chi connectivity index (χ0) is 25.0. The molecule has 196 valence electrons. The summed E-state index contributed by atoms with van der Waals surface area (Å²) in [5, 5.41) is 2.93. The number of hydrogen-bond acceptors (Lipinski definition) is 3. The van der Waals surface area contributed by atoms with E-state index in [1.165, 1.54) is 89.5 Å². The van der Waals surface area contributed by atoms with Crippen LogP contribution in [0.2, 0.25) is 0 Å². The normalized spacial score (nSPS) is 16.8. The van der Waals surface area contributed by atoms with Crippen molar-refractivity contribution in [3.8, 4) is 0 Å². The van der Waals surface area contributed by atoms with Gasteiger partial charge in [-0.2, -0.15) is 0 Å². The Morgan fingerprint density at radius 1 is 0.794 bits per heavy atom. The third-order valence-corrected chi connectivity index (χ3v) is 7.23. The van der Waals surface area contributed by atoms with Gasteiger partial charge in [-0.25, -0.2) is 0 Å². The first-order chi connectivity index (χ1) is 16.4. The number of carbonyl (C=O) groups excluding carboxylic acids is 1. The maximum absolute atomic E-state index is 12.1. The number of nitrogens with one attached hydrogen (secondary N) is 1. The Balaban J connectivity index is 1.97. The minimum atomic E-state index is -0.193. The average molecular weight is 475 g/mol. The summed E-state index contributed by atoms with van der Waals surface area (Å²) in [4.78, 5) is 16.0. The van der Waals surface area contributed by atoms with Crippen molar-refractivity contribution in [2.75, 3.05) is 6.54 Å². The van der Waals surface area contributed by atoms with Crippen LogP contribution in [0.25, 0.3) is 0 Å². The van der Waals surface area contributed by atoms with Gasteiger partial charge < -0.3 is 10.1 Å². The van der Waals surface area contributed by atoms with Crippen LogP contribution in [-0.2, 0) is 9.53 Å². The molecule has 1 aliphatic rings. The Morgan fingerprint density at radius 3 is 1.85 bits per heavy atom. The van der Waals surface area contributed by atoms with Crippen LogP contribution < -0.4 is 5.32 Å². The number of nitrogens with zero attached hydrogens (tertiary/aromatic N) is 1. The maximum Gasteiger partial charge on any atom is 0.288 e. The highest BCUT2D eigenvalue weighted by atomic mass is 16.5. The Hall–Kier alpha value is -1.58. The zero-order valence-corrected chi connectivity index (χ0v) is 23.0. The number of carbonyl (C=O) groups is 1. The highest BCUT2D eigenvalue weighted by Gasteiger charge is 2.11. The Morgan fingerprint density at radius 2 is 1.29 bits per heavy atom. The molecule has 4 atom stereocenters. The fourth-order valence-corrected chi connectivity index (χ4v) is 4.88. The number of unbranched alkanes of at least 4 members (excludes halogenated alkanes) is 1. The number of rotatable bonds is 20. The first-order valence-electron chi connectivity index (χ1n) is 14.3. The van der Waals surface area contributed by atoms with Crippen molar-refractivity contribution in [2.45, 2.75) is 125 Å². The van der Waals surface area contributed by atoms with Gasteiger partial charge in [-0.15, -0.1) is 0 Å². The molecule has 0 aromatic heterocycles. The van der Waals surface area contributed by atoms with Crippen molar-refractivity contribution in [1.82, 2.24) is 5.32 Å². The van der Waals surface area contributed by atoms with Gasteiger partial charge in [-0.05, 0) is 42.6 Å². The van der Waals surface area contributed by atoms with E-state index >= 15 is 0 Å². The first-order valence-corrected chi connectivity index (χ1v) is 14.3. The minimum Gasteiger partial charge on any atom is -0.458 e. The van der Waals surface area contributed by atoms with Crippen molar-refractivity contribution in [3.05, 3.63) is 24.3 Å². The summed E-state index contributed by atoms with van der Waals surface area (Å²) in [6.45, 7) is 12.6. The van der Waals surface area contributed by atoms with Gasteiger partial charge in [-0.3, -0.25) is 9.79 Å². The molecule has 0 bridgehead atoms. The summed E-state index contributed by atoms with van der Waals surface area (Å²) in [5.41, 5.74) is 0. The summed E-state index contributed by atoms with van der Waals surface area (Å²) in [6.07, 6.45) is 24.9. The Labute approximate surface area is 211 Å². The van der Waals surface area contributed by atoms with E-state index in [4.69, 9.17) is 4.74 Å². The summed E-state index contributed by atoms with van der Waals surface area (Å²) < 4.78 is 5.24. The number of hydrogen-bond donors (Lipinski definition) is 1. The predicted octanol–water partition coefficient (Wildman–Crippen LogP) is 8.58. The highest BCUT2D eigenvalue weighted by molar-refractivity contribution is 5.92. The molecule has 0 aliphatic carbocycles. The molecule has 0 radical (unpaired) electrons. The van der Waals surface area contributed by atoms with Crippen molar-refractivity contribution >= 4 is 12.1 Å². The maximum atomic E-state index is 12.1. The van der Waals surface area contributed by atoms with Crippen LogP contribution in [-0.4, -0.2) is 18.7 Å². The smallest absolute Gasteiger partial charge is 0.288 e. The van der Waals surface area contributed by atoms with Crippen molar-refractivity contribution in [2.24, 2.45) is 28.7 Å². The van der Waals surface area contributed by atoms with E-state index in [1.54, 1.807) is 12.3 Å². The number of allylic oxidation sites excluding steroid dienone is 1. The van der Waals surface area contributed by atoms with Crippen molar-refractivity contribution in [1.29, 1.82) is 0 Å². The molecular weight excluding hydrogens is 420 g/mol. The number of ether oxygens (including phenoxy) is 1. The molecule has 1 heterocycles. The van der Waals surface area contributed by atoms with Crippen LogP contribution in [0.1, 0.15) is 125 Å². The van der Waals surface area contributed by atoms with Crippen molar-refractivity contribution in [3.63, 3.8) is 0 Å². The molecule has 34 heavy (non-hydrogen) atoms. The van der Waals surface area contributed by atoms with Gasteiger partial charge in [0.1, 0.15) is 0 Å². The standard InChI is InChI=1S/C30H54N2O2/c1-6-13-25(2)16-9-17-26(3)14-7-8-15-27(4)18-10-19-28(5)20-11-22-32-30(33)29-24-31-21-12-23-34-29/h12,21,23-28H,6-11,13-20,22H2,1-5H3,(H,32,33). The van der Waals surface area contributed by atoms with Gasteiger partial charge in [0.25, 0.3) is 5.91 Å². The molecule has 1 rings (SSSR count). The summed E-state index contributed by atoms with van der Waals surface area (Å²) in [5.74, 6) is 3.43. The van der Waals surface area contributed by atoms with Crippen LogP contribution in [0.15, 0.2) is 29.3 Å². The van der Waals surface area contributed by atoms with Gasteiger partial charge in [0, 0.05) is 12.8 Å². The fraction of sp³-hybridized carbons (Fsp3) is 0.800. The lowest BCUT2D eigenvalue weighted by molar-refractivity contribution is -0.120. The predicted molar refractivity (Wildman–Crippen MR) is 147 cm³/mol. The van der Waals surface area contributed by atoms with E-state index in [1.807, 2.05) is 0 Å². The van der Waals surface area contributed by atoms with E-state index < -0.39 is 0 Å². The van der Waals surface area contributed by atoms with Crippen LogP contribution in [0.4, 0.5) is 0 Å². The van der Waals surface area contributed by atoms with Crippen LogP contribution in [0.5, 0.6) is 0 Å². The Bertz CT molecular complexity index is 611. The van der Waals surface area contributed by atoms with E-state index in [-0.39, 0.29) is 11.7 Å². The van der Waals surface area contributed by atoms with Crippen LogP contribution in [0.3, 0.4) is 0 Å². The topological polar surface area (TPSA) is 50.7 Å². The molecule has 0 fully saturated rings. The second-order valence-electron chi connectivity index (χ2n) is 11.0. The minimum absolute atomic E-state index is 0.193. The van der Waals surface area contributed by atoms with E-state index in [2.05, 4.69) is 44.9 Å². The zero-order valence-electron chi connectivity index (χ0n) is 23.0. The van der Waals surface area contributed by atoms with Crippen molar-refractivity contribution < 1.29 is 9.53 Å². The molecule has 0 saturated carbocycles. The lowest BCUT2D eigenvalue weighted by atomic mass is 9.91. The molecule has 4 heteroatoms. The number of amides is 1. The summed E-state index contributed by atoms with van der Waals surface area (Å²) in [6, 6.07) is 0. The molecule has 0 aromatic rings. The number of aliphatic imine (C=N–C) groups is 1. The third kappa shape index (κ3) is 16.1. The molecule has 1 amide bonds. The third-order valence-electron chi connectivity index (χ3n) is 7.23. The molecule has 1 aliphatic heterocycles. The quantitative estimate of drug-likeness (QED) is 0.180. The molecule has 0 saturated heterocycles. The van der Waals surface area contributed by atoms with Gasteiger partial charge in [0.05, 0.1) is 12.5 Å². The second kappa shape index (κ2) is 19.7. The largest absolute Gasteiger partial charge is 0.458 e. The van der Waals surface area contributed by atoms with Crippen LogP contribution >= 0.6 is 0 Å². The van der Waals surface area contributed by atoms with Gasteiger partial charge >= 0.3 is 0 Å². The second-order valence-corrected chi connectivity index (χ2v) is 11.0. The Kier molecular flexibility index (Phi) is 17.6. The van der Waals surface area contributed by atoms with Crippen LogP contribution in [0, 0.1) is 23.7 Å². The monoisotopic (exact) mass is 474 g/mol. The first kappa shape index (κ1) is 30.5. The lowest BCUT2D eigenvalue weighted by Gasteiger charge is -2.16. The van der Waals surface area contributed by atoms with Gasteiger partial charge in [0.2, 0.25) is 5.76 Å². The fourth-order valence-electron chi connectivity index (χ4n) is 4.88. The van der Waals surface area contributed by atoms with Gasteiger partial charge in [-0.1, -0.05) is 112 Å². The molecule has 4 unspecified atom stereocenters. The molecular formula is C30H54N2O2. The van der Waals surface area contributed by atoms with E-state index in [9.17, 15) is 4.79 Å². The molecule has 1 N–H and O–H groups in total. The summed E-state index contributed by atoms with van der Waals surface area (Å²) in [7, 11) is 0. The van der Waals surface area contributed by atoms with E-state index in [0.717, 1.165) is 30.6 Å². The summed E-state index contributed by atoms with van der Waals surface area (Å²) >= 11 is 0. The highest BCUT2D eigenvalue weighted by Crippen LogP contribution is 2.23. The molecule has 0 spiro atoms. The van der Waals surface area contributed by atoms with E-state index in [0.29, 0.717) is 12.5 Å². The molecule has 0 aromatic carbocycles. The van der Waals surface area contributed by atoms with Gasteiger partial charge in [0.15, 0.2) is 0 Å².